The first-order valence-corrected chi connectivity index (χ1v) is 8.82. The molecule has 0 saturated heterocycles. The van der Waals surface area contributed by atoms with Gasteiger partial charge in [0, 0.05) is 23.9 Å². The minimum atomic E-state index is -0.0272. The van der Waals surface area contributed by atoms with E-state index in [2.05, 4.69) is 11.1 Å². The molecule has 2 aromatic rings. The molecule has 0 bridgehead atoms. The zero-order valence-electron chi connectivity index (χ0n) is 14.5. The number of pyridine rings is 1. The van der Waals surface area contributed by atoms with Gasteiger partial charge >= 0.3 is 0 Å². The van der Waals surface area contributed by atoms with Crippen LogP contribution in [0, 0.1) is 0 Å². The second-order valence-corrected chi connectivity index (χ2v) is 6.56. The summed E-state index contributed by atoms with van der Waals surface area (Å²) < 4.78 is 11.1. The maximum atomic E-state index is 13.0. The molecule has 0 fully saturated rings. The number of hydrogen-bond acceptors (Lipinski definition) is 4. The Morgan fingerprint density at radius 1 is 1.16 bits per heavy atom. The van der Waals surface area contributed by atoms with Gasteiger partial charge in [0.15, 0.2) is 0 Å². The lowest BCUT2D eigenvalue weighted by Crippen LogP contribution is -2.33. The zero-order valence-corrected chi connectivity index (χ0v) is 14.5. The molecule has 1 aliphatic heterocycles. The smallest absolute Gasteiger partial charge is 0.272 e. The maximum absolute atomic E-state index is 13.0. The van der Waals surface area contributed by atoms with Crippen molar-refractivity contribution in [1.29, 1.82) is 0 Å². The molecule has 0 atom stereocenters. The van der Waals surface area contributed by atoms with Crippen LogP contribution in [0.5, 0.6) is 11.5 Å². The molecule has 1 aromatic carbocycles. The molecular weight excluding hydrogens is 316 g/mol. The number of ether oxygens (including phenoxy) is 2. The van der Waals surface area contributed by atoms with Crippen LogP contribution in [-0.4, -0.2) is 36.1 Å². The van der Waals surface area contributed by atoms with E-state index in [9.17, 15) is 4.79 Å². The summed E-state index contributed by atoms with van der Waals surface area (Å²) in [5.74, 6) is 1.52. The van der Waals surface area contributed by atoms with Gasteiger partial charge in [-0.2, -0.15) is 0 Å². The van der Waals surface area contributed by atoms with Crippen LogP contribution < -0.4 is 9.47 Å². The molecule has 1 aliphatic carbocycles. The van der Waals surface area contributed by atoms with Crippen molar-refractivity contribution in [2.75, 3.05) is 20.3 Å². The van der Waals surface area contributed by atoms with Crippen molar-refractivity contribution in [2.45, 2.75) is 32.2 Å². The summed E-state index contributed by atoms with van der Waals surface area (Å²) in [6.45, 7) is 1.54. The quantitative estimate of drug-likeness (QED) is 0.845. The van der Waals surface area contributed by atoms with E-state index in [0.29, 0.717) is 25.4 Å². The Morgan fingerprint density at radius 2 is 2.00 bits per heavy atom. The highest BCUT2D eigenvalue weighted by molar-refractivity contribution is 5.92. The molecule has 0 unspecified atom stereocenters. The number of rotatable bonds is 2. The predicted octanol–water partition coefficient (Wildman–Crippen LogP) is 3.00. The maximum Gasteiger partial charge on any atom is 0.272 e. The van der Waals surface area contributed by atoms with Crippen molar-refractivity contribution in [3.8, 4) is 11.5 Å². The van der Waals surface area contributed by atoms with Gasteiger partial charge in [0.25, 0.3) is 5.91 Å². The number of amides is 1. The Balaban J connectivity index is 1.57. The number of carbonyl (C=O) groups is 1. The van der Waals surface area contributed by atoms with Crippen LogP contribution in [0.4, 0.5) is 0 Å². The summed E-state index contributed by atoms with van der Waals surface area (Å²) in [5.41, 5.74) is 3.91. The average molecular weight is 338 g/mol. The summed E-state index contributed by atoms with van der Waals surface area (Å²) in [7, 11) is 1.63. The number of hydrogen-bond donors (Lipinski definition) is 0. The third-order valence-corrected chi connectivity index (χ3v) is 4.94. The lowest BCUT2D eigenvalue weighted by molar-refractivity contribution is 0.0727. The molecule has 1 amide bonds. The van der Waals surface area contributed by atoms with Crippen LogP contribution >= 0.6 is 0 Å². The second-order valence-electron chi connectivity index (χ2n) is 6.56. The predicted molar refractivity (Wildman–Crippen MR) is 94.1 cm³/mol. The Morgan fingerprint density at radius 3 is 2.88 bits per heavy atom. The lowest BCUT2D eigenvalue weighted by Gasteiger charge is -2.21. The average Bonchev–Trinajstić information content (AvgIpc) is 2.88. The molecule has 0 radical (unpaired) electrons. The highest BCUT2D eigenvalue weighted by Crippen LogP contribution is 2.28. The Hall–Kier alpha value is -2.56. The van der Waals surface area contributed by atoms with E-state index in [1.165, 1.54) is 12.0 Å². The number of methoxy groups -OCH3 is 1. The van der Waals surface area contributed by atoms with Crippen LogP contribution in [0.2, 0.25) is 0 Å². The SMILES string of the molecule is COc1ccc2c(c1)OCCN(C(=O)c1ccc3c(n1)CCCC3)C2. The van der Waals surface area contributed by atoms with Crippen molar-refractivity contribution in [1.82, 2.24) is 9.88 Å². The number of benzene rings is 1. The molecule has 1 aromatic heterocycles. The third kappa shape index (κ3) is 3.18. The van der Waals surface area contributed by atoms with E-state index in [0.717, 1.165) is 42.0 Å². The fraction of sp³-hybridized carbons (Fsp3) is 0.400. The van der Waals surface area contributed by atoms with E-state index in [4.69, 9.17) is 9.47 Å². The van der Waals surface area contributed by atoms with Gasteiger partial charge in [-0.25, -0.2) is 4.98 Å². The van der Waals surface area contributed by atoms with Crippen molar-refractivity contribution >= 4 is 5.91 Å². The van der Waals surface area contributed by atoms with Crippen LogP contribution in [0.15, 0.2) is 30.3 Å². The minimum Gasteiger partial charge on any atom is -0.497 e. The number of nitrogens with zero attached hydrogens (tertiary/aromatic N) is 2. The fourth-order valence-corrected chi connectivity index (χ4v) is 3.51. The molecule has 5 heteroatoms. The largest absolute Gasteiger partial charge is 0.497 e. The number of fused-ring (bicyclic) bond motifs is 2. The van der Waals surface area contributed by atoms with Crippen molar-refractivity contribution in [2.24, 2.45) is 0 Å². The summed E-state index contributed by atoms with van der Waals surface area (Å²) in [6.07, 6.45) is 4.42. The summed E-state index contributed by atoms with van der Waals surface area (Å²) >= 11 is 0. The van der Waals surface area contributed by atoms with Gasteiger partial charge in [0.2, 0.25) is 0 Å². The monoisotopic (exact) mass is 338 g/mol. The topological polar surface area (TPSA) is 51.7 Å². The van der Waals surface area contributed by atoms with E-state index in [1.807, 2.05) is 29.2 Å². The molecule has 0 spiro atoms. The normalized spacial score (nSPS) is 16.3. The van der Waals surface area contributed by atoms with Gasteiger partial charge in [-0.15, -0.1) is 0 Å². The van der Waals surface area contributed by atoms with Gasteiger partial charge in [0.1, 0.15) is 23.8 Å². The first-order chi connectivity index (χ1) is 12.2. The molecule has 4 rings (SSSR count). The molecule has 5 nitrogen and oxygen atoms in total. The molecule has 0 N–H and O–H groups in total. The number of aryl methyl sites for hydroxylation is 2. The van der Waals surface area contributed by atoms with Gasteiger partial charge in [-0.05, 0) is 49.4 Å². The highest BCUT2D eigenvalue weighted by Gasteiger charge is 2.23. The van der Waals surface area contributed by atoms with Crippen LogP contribution in [0.1, 0.15) is 40.2 Å². The molecule has 0 saturated carbocycles. The van der Waals surface area contributed by atoms with Gasteiger partial charge in [-0.3, -0.25) is 4.79 Å². The molecule has 25 heavy (non-hydrogen) atoms. The van der Waals surface area contributed by atoms with E-state index in [1.54, 1.807) is 7.11 Å². The molecule has 2 heterocycles. The van der Waals surface area contributed by atoms with Crippen molar-refractivity contribution in [3.05, 3.63) is 52.8 Å². The van der Waals surface area contributed by atoms with Gasteiger partial charge in [-0.1, -0.05) is 6.07 Å². The summed E-state index contributed by atoms with van der Waals surface area (Å²) in [4.78, 5) is 19.4. The Kier molecular flexibility index (Phi) is 4.30. The van der Waals surface area contributed by atoms with Gasteiger partial charge < -0.3 is 14.4 Å². The van der Waals surface area contributed by atoms with E-state index < -0.39 is 0 Å². The first-order valence-electron chi connectivity index (χ1n) is 8.82. The summed E-state index contributed by atoms with van der Waals surface area (Å²) in [5, 5.41) is 0. The number of carbonyl (C=O) groups excluding carboxylic acids is 1. The van der Waals surface area contributed by atoms with Crippen molar-refractivity contribution in [3.63, 3.8) is 0 Å². The Bertz CT molecular complexity index is 804. The molecular formula is C20H22N2O3. The van der Waals surface area contributed by atoms with Gasteiger partial charge in [0.05, 0.1) is 13.7 Å². The highest BCUT2D eigenvalue weighted by atomic mass is 16.5. The fourth-order valence-electron chi connectivity index (χ4n) is 3.51. The number of aromatic nitrogens is 1. The van der Waals surface area contributed by atoms with E-state index in [-0.39, 0.29) is 5.91 Å². The molecule has 130 valence electrons. The second kappa shape index (κ2) is 6.75. The zero-order chi connectivity index (χ0) is 17.2. The Labute approximate surface area is 147 Å². The molecule has 2 aliphatic rings. The van der Waals surface area contributed by atoms with Crippen molar-refractivity contribution < 1.29 is 14.3 Å². The summed E-state index contributed by atoms with van der Waals surface area (Å²) in [6, 6.07) is 9.67. The minimum absolute atomic E-state index is 0.0272. The standard InChI is InChI=1S/C20H22N2O3/c1-24-16-8-6-15-13-22(10-11-25-19(15)12-16)20(23)18-9-7-14-4-2-3-5-17(14)21-18/h6-9,12H,2-5,10-11,13H2,1H3. The van der Waals surface area contributed by atoms with Crippen LogP contribution in [0.3, 0.4) is 0 Å². The van der Waals surface area contributed by atoms with E-state index >= 15 is 0 Å². The third-order valence-electron chi connectivity index (χ3n) is 4.94. The van der Waals surface area contributed by atoms with Crippen LogP contribution in [0.25, 0.3) is 0 Å². The van der Waals surface area contributed by atoms with Crippen LogP contribution in [-0.2, 0) is 19.4 Å². The lowest BCUT2D eigenvalue weighted by atomic mass is 9.96. The first kappa shape index (κ1) is 15.9.